The molecule has 2 heterocycles. The van der Waals surface area contributed by atoms with Crippen molar-refractivity contribution in [2.75, 3.05) is 6.61 Å². The van der Waals surface area contributed by atoms with Crippen molar-refractivity contribution in [1.29, 1.82) is 0 Å². The summed E-state index contributed by atoms with van der Waals surface area (Å²) < 4.78 is 0. The number of rotatable bonds is 15. The highest BCUT2D eigenvalue weighted by Crippen LogP contribution is 2.30. The zero-order valence-electron chi connectivity index (χ0n) is 23.1. The average Bonchev–Trinajstić information content (AvgIpc) is 2.97. The van der Waals surface area contributed by atoms with Crippen LogP contribution >= 0.6 is 0 Å². The number of hydrogen-bond donors (Lipinski definition) is 5. The van der Waals surface area contributed by atoms with Crippen LogP contribution in [0.5, 0.6) is 0 Å². The molecule has 0 saturated heterocycles. The first kappa shape index (κ1) is 29.5. The zero-order chi connectivity index (χ0) is 28.2. The normalized spacial score (nSPS) is 15.2. The first-order valence-corrected chi connectivity index (χ1v) is 14.0. The number of hydrogen-bond acceptors (Lipinski definition) is 7. The smallest absolute Gasteiger partial charge is 0.0587 e. The Morgan fingerprint density at radius 1 is 0.675 bits per heavy atom. The Morgan fingerprint density at radius 3 is 1.73 bits per heavy atom. The first-order chi connectivity index (χ1) is 19.4. The molecule has 8 N–H and O–H groups in total. The van der Waals surface area contributed by atoms with Gasteiger partial charge < -0.3 is 27.6 Å². The lowest BCUT2D eigenvalue weighted by molar-refractivity contribution is 0.241. The van der Waals surface area contributed by atoms with Crippen LogP contribution in [0.2, 0.25) is 0 Å². The summed E-state index contributed by atoms with van der Waals surface area (Å²) in [6.07, 6.45) is 6.76. The van der Waals surface area contributed by atoms with Crippen LogP contribution in [-0.2, 0) is 31.3 Å². The van der Waals surface area contributed by atoms with E-state index < -0.39 is 5.54 Å². The summed E-state index contributed by atoms with van der Waals surface area (Å²) in [5.41, 5.74) is 24.9. The molecule has 4 aromatic rings. The molecule has 7 nitrogen and oxygen atoms in total. The predicted octanol–water partition coefficient (Wildman–Crippen LogP) is 3.24. The monoisotopic (exact) mass is 538 g/mol. The number of nitrogens with zero attached hydrogens (tertiary/aromatic N) is 2. The van der Waals surface area contributed by atoms with Crippen molar-refractivity contribution in [2.24, 2.45) is 17.2 Å². The fraction of sp³-hybridized carbons (Fsp3) is 0.333. The van der Waals surface area contributed by atoms with E-state index in [0.29, 0.717) is 32.2 Å². The third-order valence-corrected chi connectivity index (χ3v) is 7.32. The molecule has 40 heavy (non-hydrogen) atoms. The Balaban J connectivity index is 1.44. The van der Waals surface area contributed by atoms with Gasteiger partial charge in [0.05, 0.1) is 6.61 Å². The molecule has 4 rings (SSSR count). The molecular formula is C33H42N6O. The van der Waals surface area contributed by atoms with Gasteiger partial charge in [-0.1, -0.05) is 66.7 Å². The molecule has 7 heteroatoms. The minimum Gasteiger partial charge on any atom is -0.395 e. The fourth-order valence-electron chi connectivity index (χ4n) is 5.29. The van der Waals surface area contributed by atoms with Crippen LogP contribution in [0.1, 0.15) is 40.9 Å². The molecule has 2 unspecified atom stereocenters. The van der Waals surface area contributed by atoms with Crippen molar-refractivity contribution < 1.29 is 5.11 Å². The average molecular weight is 539 g/mol. The summed E-state index contributed by atoms with van der Waals surface area (Å²) in [5.74, 6) is 0. The topological polar surface area (TPSA) is 136 Å². The number of aliphatic hydroxyl groups excluding tert-OH is 1. The minimum atomic E-state index is -0.713. The van der Waals surface area contributed by atoms with Gasteiger partial charge in [-0.25, -0.2) is 0 Å². The highest BCUT2D eigenvalue weighted by Gasteiger charge is 2.32. The van der Waals surface area contributed by atoms with Gasteiger partial charge in [0, 0.05) is 66.8 Å². The van der Waals surface area contributed by atoms with Gasteiger partial charge in [-0.3, -0.25) is 9.97 Å². The summed E-state index contributed by atoms with van der Waals surface area (Å²) in [5, 5.41) is 13.4. The summed E-state index contributed by atoms with van der Waals surface area (Å²) in [4.78, 5) is 8.88. The molecule has 0 saturated carbocycles. The number of benzene rings is 2. The molecule has 0 aliphatic rings. The maximum absolute atomic E-state index is 9.88. The van der Waals surface area contributed by atoms with Gasteiger partial charge in [0.15, 0.2) is 0 Å². The Hall–Kier alpha value is -3.46. The highest BCUT2D eigenvalue weighted by molar-refractivity contribution is 5.29. The molecule has 0 spiro atoms. The van der Waals surface area contributed by atoms with Crippen molar-refractivity contribution in [2.45, 2.75) is 62.3 Å². The lowest BCUT2D eigenvalue weighted by Crippen LogP contribution is -2.47. The quantitative estimate of drug-likeness (QED) is 0.157. The largest absolute Gasteiger partial charge is 0.395 e. The molecule has 0 aliphatic heterocycles. The van der Waals surface area contributed by atoms with Crippen LogP contribution in [0.25, 0.3) is 0 Å². The van der Waals surface area contributed by atoms with Gasteiger partial charge in [-0.2, -0.15) is 0 Å². The number of aromatic nitrogens is 2. The molecule has 0 fully saturated rings. The van der Waals surface area contributed by atoms with Gasteiger partial charge in [0.1, 0.15) is 0 Å². The van der Waals surface area contributed by atoms with Crippen LogP contribution in [0.15, 0.2) is 103 Å². The van der Waals surface area contributed by atoms with E-state index in [1.165, 1.54) is 5.56 Å². The van der Waals surface area contributed by atoms with E-state index in [1.807, 2.05) is 54.6 Å². The maximum atomic E-state index is 9.88. The maximum Gasteiger partial charge on any atom is 0.0587 e. The Morgan fingerprint density at radius 2 is 1.23 bits per heavy atom. The van der Waals surface area contributed by atoms with Crippen molar-refractivity contribution >= 4 is 0 Å². The lowest BCUT2D eigenvalue weighted by Gasteiger charge is -2.35. The van der Waals surface area contributed by atoms with E-state index in [4.69, 9.17) is 17.2 Å². The Kier molecular flexibility index (Phi) is 10.9. The molecule has 2 aromatic heterocycles. The molecule has 0 aliphatic carbocycles. The second-order valence-electron chi connectivity index (χ2n) is 10.8. The van der Waals surface area contributed by atoms with Crippen LogP contribution in [0.3, 0.4) is 0 Å². The second-order valence-corrected chi connectivity index (χ2v) is 10.8. The standard InChI is InChI=1S/C33H42N6O/c34-28(19-30-10-4-6-16-37-30)21-33(36,22-29(35)20-31-11-5-7-17-38-31)27-14-12-26(13-15-27)23-39-32(24-40)18-25-8-2-1-3-9-25/h1-17,28-29,32,39-40H,18-24,34-36H2/t28?,29?,32-,33?/m0/s1. The van der Waals surface area contributed by atoms with Gasteiger partial charge in [0.2, 0.25) is 0 Å². The minimum absolute atomic E-state index is 0.0233. The Bertz CT molecular complexity index is 1210. The third-order valence-electron chi connectivity index (χ3n) is 7.32. The van der Waals surface area contributed by atoms with Crippen molar-refractivity contribution in [3.63, 3.8) is 0 Å². The van der Waals surface area contributed by atoms with Gasteiger partial charge in [0.25, 0.3) is 0 Å². The van der Waals surface area contributed by atoms with Crippen molar-refractivity contribution in [3.8, 4) is 0 Å². The van der Waals surface area contributed by atoms with E-state index in [9.17, 15) is 5.11 Å². The van der Waals surface area contributed by atoms with Crippen molar-refractivity contribution in [3.05, 3.63) is 131 Å². The van der Waals surface area contributed by atoms with E-state index in [2.05, 4.69) is 51.7 Å². The van der Waals surface area contributed by atoms with E-state index in [0.717, 1.165) is 28.9 Å². The summed E-state index contributed by atoms with van der Waals surface area (Å²) in [6, 6.07) is 29.9. The van der Waals surface area contributed by atoms with E-state index in [-0.39, 0.29) is 24.7 Å². The number of nitrogens with one attached hydrogen (secondary N) is 1. The fourth-order valence-corrected chi connectivity index (χ4v) is 5.29. The predicted molar refractivity (Wildman–Crippen MR) is 161 cm³/mol. The second kappa shape index (κ2) is 14.8. The van der Waals surface area contributed by atoms with Crippen molar-refractivity contribution in [1.82, 2.24) is 15.3 Å². The first-order valence-electron chi connectivity index (χ1n) is 14.0. The number of pyridine rings is 2. The summed E-state index contributed by atoms with van der Waals surface area (Å²) in [6.45, 7) is 0.718. The number of aliphatic hydroxyl groups is 1. The number of nitrogens with two attached hydrogens (primary N) is 3. The van der Waals surface area contributed by atoms with Gasteiger partial charge in [-0.05, 0) is 60.2 Å². The van der Waals surface area contributed by atoms with Crippen LogP contribution < -0.4 is 22.5 Å². The third kappa shape index (κ3) is 9.05. The SMILES string of the molecule is NC(Cc1ccccn1)CC(N)(CC(N)Cc1ccccn1)c1ccc(CN[C@H](CO)Cc2ccccc2)cc1. The lowest BCUT2D eigenvalue weighted by atomic mass is 9.78. The van der Waals surface area contributed by atoms with E-state index >= 15 is 0 Å². The molecular weight excluding hydrogens is 496 g/mol. The molecule has 0 radical (unpaired) electrons. The van der Waals surface area contributed by atoms with Gasteiger partial charge >= 0.3 is 0 Å². The zero-order valence-corrected chi connectivity index (χ0v) is 23.1. The summed E-state index contributed by atoms with van der Waals surface area (Å²) in [7, 11) is 0. The summed E-state index contributed by atoms with van der Waals surface area (Å²) >= 11 is 0. The Labute approximate surface area is 237 Å². The van der Waals surface area contributed by atoms with Crippen LogP contribution in [-0.4, -0.2) is 39.8 Å². The van der Waals surface area contributed by atoms with Gasteiger partial charge in [-0.15, -0.1) is 0 Å². The molecule has 0 amide bonds. The van der Waals surface area contributed by atoms with E-state index in [1.54, 1.807) is 12.4 Å². The molecule has 2 aromatic carbocycles. The van der Waals surface area contributed by atoms with Crippen LogP contribution in [0.4, 0.5) is 0 Å². The molecule has 0 bridgehead atoms. The van der Waals surface area contributed by atoms with Crippen LogP contribution in [0, 0.1) is 0 Å². The molecule has 3 atom stereocenters. The highest BCUT2D eigenvalue weighted by atomic mass is 16.3. The molecule has 210 valence electrons.